The van der Waals surface area contributed by atoms with E-state index in [9.17, 15) is 0 Å². The Balaban J connectivity index is 1.78. The van der Waals surface area contributed by atoms with Gasteiger partial charge in [0.2, 0.25) is 0 Å². The lowest BCUT2D eigenvalue weighted by Gasteiger charge is -2.07. The third kappa shape index (κ3) is 4.42. The predicted octanol–water partition coefficient (Wildman–Crippen LogP) is 3.27. The Morgan fingerprint density at radius 1 is 1.00 bits per heavy atom. The number of rotatable bonds is 6. The van der Waals surface area contributed by atoms with Gasteiger partial charge in [0.15, 0.2) is 5.16 Å². The van der Waals surface area contributed by atoms with Crippen molar-refractivity contribution in [2.24, 2.45) is 0 Å². The molecule has 0 amide bonds. The van der Waals surface area contributed by atoms with Crippen molar-refractivity contribution in [1.29, 1.82) is 0 Å². The number of ether oxygens (including phenoxy) is 2. The zero-order valence-electron chi connectivity index (χ0n) is 11.9. The highest BCUT2D eigenvalue weighted by Gasteiger charge is 2.01. The molecule has 0 radical (unpaired) electrons. The summed E-state index contributed by atoms with van der Waals surface area (Å²) in [6.45, 7) is 4.58. The highest BCUT2D eigenvalue weighted by molar-refractivity contribution is 7.99. The van der Waals surface area contributed by atoms with Crippen molar-refractivity contribution in [3.63, 3.8) is 0 Å². The Hall–Kier alpha value is -1.75. The van der Waals surface area contributed by atoms with E-state index in [0.29, 0.717) is 6.61 Å². The summed E-state index contributed by atoms with van der Waals surface area (Å²) >= 11 is 1.60. The zero-order valence-corrected chi connectivity index (χ0v) is 12.7. The first-order valence-corrected chi connectivity index (χ1v) is 7.38. The van der Waals surface area contributed by atoms with Gasteiger partial charge in [0.1, 0.15) is 11.5 Å². The molecule has 0 saturated heterocycles. The summed E-state index contributed by atoms with van der Waals surface area (Å²) in [6, 6.07) is 9.54. The fourth-order valence-corrected chi connectivity index (χ4v) is 2.49. The van der Waals surface area contributed by atoms with E-state index in [2.05, 4.69) is 9.97 Å². The van der Waals surface area contributed by atoms with E-state index in [1.807, 2.05) is 44.2 Å². The van der Waals surface area contributed by atoms with E-state index < -0.39 is 0 Å². The molecule has 0 aliphatic carbocycles. The molecule has 4 nitrogen and oxygen atoms in total. The highest BCUT2D eigenvalue weighted by Crippen LogP contribution is 2.18. The first-order valence-electron chi connectivity index (χ1n) is 6.39. The largest absolute Gasteiger partial charge is 0.497 e. The molecule has 0 saturated carbocycles. The molecule has 0 bridgehead atoms. The van der Waals surface area contributed by atoms with Crippen LogP contribution in [0.5, 0.6) is 11.5 Å². The minimum atomic E-state index is 0.618. The number of aryl methyl sites for hydroxylation is 2. The minimum absolute atomic E-state index is 0.618. The van der Waals surface area contributed by atoms with Crippen LogP contribution in [0.1, 0.15) is 11.4 Å². The Bertz CT molecular complexity index is 538. The quantitative estimate of drug-likeness (QED) is 0.464. The third-order valence-corrected chi connectivity index (χ3v) is 3.42. The van der Waals surface area contributed by atoms with Crippen LogP contribution < -0.4 is 9.47 Å². The van der Waals surface area contributed by atoms with Gasteiger partial charge in [-0.2, -0.15) is 0 Å². The fraction of sp³-hybridized carbons (Fsp3) is 0.333. The second-order valence-corrected chi connectivity index (χ2v) is 5.37. The lowest BCUT2D eigenvalue weighted by molar-refractivity contribution is 0.342. The lowest BCUT2D eigenvalue weighted by atomic mass is 10.3. The van der Waals surface area contributed by atoms with Gasteiger partial charge < -0.3 is 9.47 Å². The van der Waals surface area contributed by atoms with E-state index in [1.165, 1.54) is 0 Å². The molecule has 0 fully saturated rings. The summed E-state index contributed by atoms with van der Waals surface area (Å²) in [6.07, 6.45) is 0. The van der Waals surface area contributed by atoms with Crippen molar-refractivity contribution in [1.82, 2.24) is 9.97 Å². The minimum Gasteiger partial charge on any atom is -0.497 e. The van der Waals surface area contributed by atoms with Gasteiger partial charge in [-0.1, -0.05) is 11.8 Å². The molecule has 2 rings (SSSR count). The van der Waals surface area contributed by atoms with Crippen LogP contribution in [0.3, 0.4) is 0 Å². The third-order valence-electron chi connectivity index (χ3n) is 2.60. The lowest BCUT2D eigenvalue weighted by Crippen LogP contribution is -2.01. The van der Waals surface area contributed by atoms with Crippen LogP contribution in [0.25, 0.3) is 0 Å². The van der Waals surface area contributed by atoms with Crippen LogP contribution in [0.15, 0.2) is 35.5 Å². The van der Waals surface area contributed by atoms with E-state index >= 15 is 0 Å². The Labute approximate surface area is 123 Å². The highest BCUT2D eigenvalue weighted by atomic mass is 32.2. The number of methoxy groups -OCH3 is 1. The van der Waals surface area contributed by atoms with Gasteiger partial charge >= 0.3 is 0 Å². The summed E-state index contributed by atoms with van der Waals surface area (Å²) in [5.74, 6) is 2.48. The monoisotopic (exact) mass is 290 g/mol. The zero-order chi connectivity index (χ0) is 14.4. The molecule has 0 aliphatic rings. The topological polar surface area (TPSA) is 44.2 Å². The Kier molecular flexibility index (Phi) is 5.24. The molecule has 0 N–H and O–H groups in total. The standard InChI is InChI=1S/C15H18N2O2S/c1-11-10-12(2)17-15(16-11)20-9-8-19-14-6-4-13(18-3)5-7-14/h4-7,10H,8-9H2,1-3H3. The number of hydrogen-bond donors (Lipinski definition) is 0. The smallest absolute Gasteiger partial charge is 0.188 e. The maximum absolute atomic E-state index is 5.66. The number of hydrogen-bond acceptors (Lipinski definition) is 5. The van der Waals surface area contributed by atoms with Crippen LogP contribution in [-0.4, -0.2) is 29.4 Å². The Morgan fingerprint density at radius 3 is 2.20 bits per heavy atom. The molecule has 1 heterocycles. The van der Waals surface area contributed by atoms with Gasteiger partial charge in [-0.25, -0.2) is 9.97 Å². The van der Waals surface area contributed by atoms with Crippen molar-refractivity contribution in [2.75, 3.05) is 19.5 Å². The summed E-state index contributed by atoms with van der Waals surface area (Å²) in [4.78, 5) is 8.76. The van der Waals surface area contributed by atoms with E-state index in [1.54, 1.807) is 18.9 Å². The molecule has 0 unspecified atom stereocenters. The van der Waals surface area contributed by atoms with E-state index in [4.69, 9.17) is 9.47 Å². The van der Waals surface area contributed by atoms with Gasteiger partial charge in [-0.3, -0.25) is 0 Å². The van der Waals surface area contributed by atoms with E-state index in [-0.39, 0.29) is 0 Å². The molecule has 106 valence electrons. The second kappa shape index (κ2) is 7.14. The second-order valence-electron chi connectivity index (χ2n) is 4.31. The maximum Gasteiger partial charge on any atom is 0.188 e. The normalized spacial score (nSPS) is 10.3. The van der Waals surface area contributed by atoms with Crippen molar-refractivity contribution in [3.8, 4) is 11.5 Å². The van der Waals surface area contributed by atoms with Crippen molar-refractivity contribution < 1.29 is 9.47 Å². The van der Waals surface area contributed by atoms with Gasteiger partial charge in [0, 0.05) is 17.1 Å². The maximum atomic E-state index is 5.66. The number of benzene rings is 1. The molecular formula is C15H18N2O2S. The average Bonchev–Trinajstić information content (AvgIpc) is 2.43. The molecule has 20 heavy (non-hydrogen) atoms. The molecule has 1 aromatic carbocycles. The predicted molar refractivity (Wildman–Crippen MR) is 80.7 cm³/mol. The summed E-state index contributed by atoms with van der Waals surface area (Å²) < 4.78 is 10.8. The van der Waals surface area contributed by atoms with Crippen molar-refractivity contribution in [2.45, 2.75) is 19.0 Å². The van der Waals surface area contributed by atoms with Crippen LogP contribution in [-0.2, 0) is 0 Å². The fourth-order valence-electron chi connectivity index (χ4n) is 1.72. The van der Waals surface area contributed by atoms with Crippen LogP contribution in [0, 0.1) is 13.8 Å². The summed E-state index contributed by atoms with van der Waals surface area (Å²) in [7, 11) is 1.65. The van der Waals surface area contributed by atoms with Crippen LogP contribution in [0.4, 0.5) is 0 Å². The van der Waals surface area contributed by atoms with E-state index in [0.717, 1.165) is 33.8 Å². The number of nitrogens with zero attached hydrogens (tertiary/aromatic N) is 2. The average molecular weight is 290 g/mol. The van der Waals surface area contributed by atoms with Crippen molar-refractivity contribution >= 4 is 11.8 Å². The molecule has 0 atom stereocenters. The summed E-state index contributed by atoms with van der Waals surface area (Å²) in [5, 5.41) is 0.806. The van der Waals surface area contributed by atoms with Gasteiger partial charge in [-0.05, 0) is 44.2 Å². The van der Waals surface area contributed by atoms with Gasteiger partial charge in [0.25, 0.3) is 0 Å². The first-order chi connectivity index (χ1) is 9.67. The molecular weight excluding hydrogens is 272 g/mol. The molecule has 5 heteroatoms. The Morgan fingerprint density at radius 2 is 1.60 bits per heavy atom. The molecule has 1 aromatic heterocycles. The van der Waals surface area contributed by atoms with Crippen LogP contribution in [0.2, 0.25) is 0 Å². The first kappa shape index (κ1) is 14.7. The summed E-state index contributed by atoms with van der Waals surface area (Å²) in [5.41, 5.74) is 1.99. The number of thioether (sulfide) groups is 1. The molecule has 0 aliphatic heterocycles. The van der Waals surface area contributed by atoms with Gasteiger partial charge in [0.05, 0.1) is 13.7 Å². The van der Waals surface area contributed by atoms with Crippen molar-refractivity contribution in [3.05, 3.63) is 41.7 Å². The van der Waals surface area contributed by atoms with Crippen LogP contribution >= 0.6 is 11.8 Å². The molecule has 0 spiro atoms. The number of aromatic nitrogens is 2. The SMILES string of the molecule is COc1ccc(OCCSc2nc(C)cc(C)n2)cc1. The van der Waals surface area contributed by atoms with Gasteiger partial charge in [-0.15, -0.1) is 0 Å². The molecule has 2 aromatic rings.